The van der Waals surface area contributed by atoms with Crippen molar-refractivity contribution >= 4 is 11.9 Å². The number of carbonyl (C=O) groups is 2. The Morgan fingerprint density at radius 3 is 1.93 bits per heavy atom. The SMILES string of the molecule is O=C(O)Cc1ccc(OCC(=O)NCCC(c2ccccc2)c2ccccc2)cc1. The van der Waals surface area contributed by atoms with Crippen LogP contribution >= 0.6 is 0 Å². The van der Waals surface area contributed by atoms with Gasteiger partial charge in [-0.25, -0.2) is 0 Å². The largest absolute Gasteiger partial charge is 0.484 e. The predicted octanol–water partition coefficient (Wildman–Crippen LogP) is 4.03. The van der Waals surface area contributed by atoms with Crippen LogP contribution in [0.2, 0.25) is 0 Å². The zero-order chi connectivity index (χ0) is 21.2. The normalized spacial score (nSPS) is 10.6. The molecule has 0 saturated heterocycles. The van der Waals surface area contributed by atoms with E-state index in [9.17, 15) is 9.59 Å². The molecule has 2 N–H and O–H groups in total. The third-order valence-electron chi connectivity index (χ3n) is 4.81. The van der Waals surface area contributed by atoms with Crippen molar-refractivity contribution in [2.24, 2.45) is 0 Å². The molecule has 5 heteroatoms. The zero-order valence-electron chi connectivity index (χ0n) is 16.7. The van der Waals surface area contributed by atoms with Crippen LogP contribution in [0.1, 0.15) is 29.0 Å². The lowest BCUT2D eigenvalue weighted by molar-refractivity contribution is -0.136. The Kier molecular flexibility index (Phi) is 7.61. The number of aliphatic carboxylic acids is 1. The molecular weight excluding hydrogens is 378 g/mol. The number of hydrogen-bond donors (Lipinski definition) is 2. The number of hydrogen-bond acceptors (Lipinski definition) is 3. The number of carbonyl (C=O) groups excluding carboxylic acids is 1. The van der Waals surface area contributed by atoms with Crippen LogP contribution in [0.3, 0.4) is 0 Å². The lowest BCUT2D eigenvalue weighted by Gasteiger charge is -2.18. The summed E-state index contributed by atoms with van der Waals surface area (Å²) in [5.74, 6) is -0.335. The van der Waals surface area contributed by atoms with Crippen molar-refractivity contribution in [2.45, 2.75) is 18.8 Å². The summed E-state index contributed by atoms with van der Waals surface area (Å²) in [5, 5.41) is 11.7. The molecule has 3 rings (SSSR count). The summed E-state index contributed by atoms with van der Waals surface area (Å²) in [4.78, 5) is 22.9. The molecule has 0 heterocycles. The van der Waals surface area contributed by atoms with Crippen LogP contribution in [-0.2, 0) is 16.0 Å². The number of rotatable bonds is 10. The van der Waals surface area contributed by atoms with Gasteiger partial charge in [0.2, 0.25) is 0 Å². The monoisotopic (exact) mass is 403 g/mol. The molecule has 0 fully saturated rings. The minimum atomic E-state index is -0.882. The highest BCUT2D eigenvalue weighted by atomic mass is 16.5. The third-order valence-corrected chi connectivity index (χ3v) is 4.81. The maximum absolute atomic E-state index is 12.2. The van der Waals surface area contributed by atoms with Crippen LogP contribution in [0, 0.1) is 0 Å². The molecule has 5 nitrogen and oxygen atoms in total. The van der Waals surface area contributed by atoms with Crippen LogP contribution < -0.4 is 10.1 Å². The van der Waals surface area contributed by atoms with Gasteiger partial charge in [-0.3, -0.25) is 9.59 Å². The van der Waals surface area contributed by atoms with Gasteiger partial charge >= 0.3 is 5.97 Å². The molecule has 0 aromatic heterocycles. The van der Waals surface area contributed by atoms with Crippen molar-refractivity contribution in [2.75, 3.05) is 13.2 Å². The van der Waals surface area contributed by atoms with Gasteiger partial charge in [-0.15, -0.1) is 0 Å². The minimum Gasteiger partial charge on any atom is -0.484 e. The van der Waals surface area contributed by atoms with Gasteiger partial charge in [0.15, 0.2) is 6.61 Å². The summed E-state index contributed by atoms with van der Waals surface area (Å²) in [6, 6.07) is 27.3. The van der Waals surface area contributed by atoms with E-state index >= 15 is 0 Å². The van der Waals surface area contributed by atoms with E-state index in [0.717, 1.165) is 6.42 Å². The Balaban J connectivity index is 1.49. The van der Waals surface area contributed by atoms with Crippen molar-refractivity contribution in [1.82, 2.24) is 5.32 Å². The molecular formula is C25H25NO4. The Morgan fingerprint density at radius 2 is 1.40 bits per heavy atom. The standard InChI is InChI=1S/C25H25NO4/c27-24(18-30-22-13-11-19(12-14-22)17-25(28)29)26-16-15-23(20-7-3-1-4-8-20)21-9-5-2-6-10-21/h1-14,23H,15-18H2,(H,26,27)(H,28,29). The lowest BCUT2D eigenvalue weighted by Crippen LogP contribution is -2.30. The molecule has 0 aliphatic heterocycles. The van der Waals surface area contributed by atoms with E-state index in [1.54, 1.807) is 24.3 Å². The van der Waals surface area contributed by atoms with Crippen LogP contribution in [0.4, 0.5) is 0 Å². The molecule has 0 unspecified atom stereocenters. The second-order valence-electron chi connectivity index (χ2n) is 7.02. The maximum atomic E-state index is 12.2. The number of amides is 1. The molecule has 0 aliphatic rings. The zero-order valence-corrected chi connectivity index (χ0v) is 16.7. The van der Waals surface area contributed by atoms with Crippen LogP contribution in [0.25, 0.3) is 0 Å². The maximum Gasteiger partial charge on any atom is 0.307 e. The summed E-state index contributed by atoms with van der Waals surface area (Å²) in [7, 11) is 0. The highest BCUT2D eigenvalue weighted by Crippen LogP contribution is 2.27. The number of carboxylic acids is 1. The number of carboxylic acid groups (broad SMARTS) is 1. The Morgan fingerprint density at radius 1 is 0.833 bits per heavy atom. The quantitative estimate of drug-likeness (QED) is 0.536. The molecule has 0 spiro atoms. The number of ether oxygens (including phenoxy) is 1. The first-order chi connectivity index (χ1) is 14.6. The molecule has 30 heavy (non-hydrogen) atoms. The topological polar surface area (TPSA) is 75.6 Å². The summed E-state index contributed by atoms with van der Waals surface area (Å²) < 4.78 is 5.50. The van der Waals surface area contributed by atoms with E-state index in [1.165, 1.54) is 11.1 Å². The van der Waals surface area contributed by atoms with Gasteiger partial charge in [0.1, 0.15) is 5.75 Å². The van der Waals surface area contributed by atoms with Crippen molar-refractivity contribution in [3.63, 3.8) is 0 Å². The van der Waals surface area contributed by atoms with Gasteiger partial charge in [0.05, 0.1) is 6.42 Å². The molecule has 0 saturated carbocycles. The Bertz CT molecular complexity index is 900. The first-order valence-corrected chi connectivity index (χ1v) is 9.92. The van der Waals surface area contributed by atoms with Crippen molar-refractivity contribution in [1.29, 1.82) is 0 Å². The summed E-state index contributed by atoms with van der Waals surface area (Å²) in [6.07, 6.45) is 0.744. The molecule has 0 bridgehead atoms. The van der Waals surface area contributed by atoms with Gasteiger partial charge in [0, 0.05) is 12.5 Å². The molecule has 0 aliphatic carbocycles. The predicted molar refractivity (Wildman–Crippen MR) is 116 cm³/mol. The first-order valence-electron chi connectivity index (χ1n) is 9.92. The van der Waals surface area contributed by atoms with E-state index < -0.39 is 5.97 Å². The fourth-order valence-corrected chi connectivity index (χ4v) is 3.33. The fourth-order valence-electron chi connectivity index (χ4n) is 3.33. The second kappa shape index (κ2) is 10.8. The molecule has 0 radical (unpaired) electrons. The summed E-state index contributed by atoms with van der Waals surface area (Å²) >= 11 is 0. The Hall–Kier alpha value is -3.60. The highest BCUT2D eigenvalue weighted by molar-refractivity contribution is 5.77. The van der Waals surface area contributed by atoms with E-state index in [-0.39, 0.29) is 24.9 Å². The van der Waals surface area contributed by atoms with Gasteiger partial charge < -0.3 is 15.2 Å². The van der Waals surface area contributed by atoms with Gasteiger partial charge in [-0.2, -0.15) is 0 Å². The van der Waals surface area contributed by atoms with Crippen molar-refractivity contribution in [3.8, 4) is 5.75 Å². The van der Waals surface area contributed by atoms with E-state index in [1.807, 2.05) is 36.4 Å². The average molecular weight is 403 g/mol. The second-order valence-corrected chi connectivity index (χ2v) is 7.02. The molecule has 154 valence electrons. The highest BCUT2D eigenvalue weighted by Gasteiger charge is 2.14. The van der Waals surface area contributed by atoms with Crippen LogP contribution in [0.5, 0.6) is 5.75 Å². The molecule has 3 aromatic carbocycles. The third kappa shape index (κ3) is 6.48. The molecule has 3 aromatic rings. The molecule has 1 amide bonds. The number of nitrogens with one attached hydrogen (secondary N) is 1. The van der Waals surface area contributed by atoms with Crippen LogP contribution in [0.15, 0.2) is 84.9 Å². The van der Waals surface area contributed by atoms with E-state index in [4.69, 9.17) is 9.84 Å². The summed E-state index contributed by atoms with van der Waals surface area (Å²) in [6.45, 7) is 0.452. The first kappa shape index (κ1) is 21.1. The van der Waals surface area contributed by atoms with Gasteiger partial charge in [0.25, 0.3) is 5.91 Å². The van der Waals surface area contributed by atoms with E-state index in [0.29, 0.717) is 17.9 Å². The van der Waals surface area contributed by atoms with Crippen molar-refractivity contribution < 1.29 is 19.4 Å². The van der Waals surface area contributed by atoms with Gasteiger partial charge in [-0.05, 0) is 35.2 Å². The smallest absolute Gasteiger partial charge is 0.307 e. The number of benzene rings is 3. The lowest BCUT2D eigenvalue weighted by atomic mass is 9.88. The molecule has 0 atom stereocenters. The van der Waals surface area contributed by atoms with Crippen molar-refractivity contribution in [3.05, 3.63) is 102 Å². The van der Waals surface area contributed by atoms with E-state index in [2.05, 4.69) is 29.6 Å². The van der Waals surface area contributed by atoms with Crippen LogP contribution in [-0.4, -0.2) is 30.1 Å². The Labute approximate surface area is 176 Å². The average Bonchev–Trinajstić information content (AvgIpc) is 2.77. The van der Waals surface area contributed by atoms with Gasteiger partial charge in [-0.1, -0.05) is 72.8 Å². The minimum absolute atomic E-state index is 0.0369. The summed E-state index contributed by atoms with van der Waals surface area (Å²) in [5.41, 5.74) is 3.12. The fraction of sp³-hybridized carbons (Fsp3) is 0.200.